The summed E-state index contributed by atoms with van der Waals surface area (Å²) in [5.74, 6) is 0.991. The highest BCUT2D eigenvalue weighted by atomic mass is 32.1. The van der Waals surface area contributed by atoms with E-state index in [1.807, 2.05) is 36.4 Å². The number of allylic oxidation sites excluding steroid dienone is 2. The summed E-state index contributed by atoms with van der Waals surface area (Å²) in [4.78, 5) is 17.0. The molecule has 1 amide bonds. The fourth-order valence-corrected chi connectivity index (χ4v) is 4.00. The highest BCUT2D eigenvalue weighted by Gasteiger charge is 2.37. The Bertz CT molecular complexity index is 822. The van der Waals surface area contributed by atoms with Crippen LogP contribution in [0, 0.1) is 5.92 Å². The van der Waals surface area contributed by atoms with Gasteiger partial charge in [-0.3, -0.25) is 10.1 Å². The molecule has 130 valence electrons. The van der Waals surface area contributed by atoms with E-state index < -0.39 is 6.10 Å². The number of hydrogen-bond donors (Lipinski definition) is 1. The smallest absolute Gasteiger partial charge is 0.255 e. The molecule has 5 nitrogen and oxygen atoms in total. The predicted octanol–water partition coefficient (Wildman–Crippen LogP) is 3.92. The number of nitrogens with zero attached hydrogens (tertiary/aromatic N) is 1. The number of carbonyl (C=O) groups is 1. The SMILES string of the molecule is CCCOc1ccc2nc(NC(=O)[C@@H]3C[C@@H]4C=CC=C[C@@H]4O3)sc2c1. The number of hydrogen-bond acceptors (Lipinski definition) is 5. The number of fused-ring (bicyclic) bond motifs is 2. The number of aromatic nitrogens is 1. The summed E-state index contributed by atoms with van der Waals surface area (Å²) in [6.07, 6.45) is 9.34. The van der Waals surface area contributed by atoms with Crippen LogP contribution in [0.4, 0.5) is 5.13 Å². The van der Waals surface area contributed by atoms with Crippen LogP contribution in [0.1, 0.15) is 19.8 Å². The molecule has 2 aromatic rings. The van der Waals surface area contributed by atoms with Crippen LogP contribution < -0.4 is 10.1 Å². The second-order valence-electron chi connectivity index (χ2n) is 6.24. The van der Waals surface area contributed by atoms with E-state index in [1.165, 1.54) is 11.3 Å². The Hall–Kier alpha value is -2.18. The topological polar surface area (TPSA) is 60.5 Å². The number of nitrogens with one attached hydrogen (secondary N) is 1. The Morgan fingerprint density at radius 1 is 1.40 bits per heavy atom. The van der Waals surface area contributed by atoms with E-state index in [1.54, 1.807) is 0 Å². The zero-order valence-corrected chi connectivity index (χ0v) is 14.8. The van der Waals surface area contributed by atoms with Gasteiger partial charge in [0, 0.05) is 5.92 Å². The molecule has 2 heterocycles. The van der Waals surface area contributed by atoms with Crippen LogP contribution in [-0.2, 0) is 9.53 Å². The Labute approximate surface area is 150 Å². The van der Waals surface area contributed by atoms with Gasteiger partial charge in [0.2, 0.25) is 0 Å². The maximum atomic E-state index is 12.5. The van der Waals surface area contributed by atoms with Gasteiger partial charge in [0.25, 0.3) is 5.91 Å². The van der Waals surface area contributed by atoms with Gasteiger partial charge in [0.15, 0.2) is 5.13 Å². The van der Waals surface area contributed by atoms with Crippen LogP contribution >= 0.6 is 11.3 Å². The number of rotatable bonds is 5. The van der Waals surface area contributed by atoms with Crippen LogP contribution in [-0.4, -0.2) is 29.7 Å². The first-order valence-corrected chi connectivity index (χ1v) is 9.39. The van der Waals surface area contributed by atoms with Crippen LogP contribution in [0.3, 0.4) is 0 Å². The first-order valence-electron chi connectivity index (χ1n) is 8.57. The molecule has 1 aromatic carbocycles. The summed E-state index contributed by atoms with van der Waals surface area (Å²) in [5, 5.41) is 3.49. The molecular formula is C19H20N2O3S. The molecule has 0 saturated carbocycles. The van der Waals surface area contributed by atoms with Crippen molar-refractivity contribution in [1.29, 1.82) is 0 Å². The summed E-state index contributed by atoms with van der Waals surface area (Å²) < 4.78 is 12.5. The Balaban J connectivity index is 1.44. The molecule has 1 saturated heterocycles. The summed E-state index contributed by atoms with van der Waals surface area (Å²) in [5.41, 5.74) is 0.857. The van der Waals surface area contributed by atoms with Crippen LogP contribution in [0.25, 0.3) is 10.2 Å². The standard InChI is InChI=1S/C19H20N2O3S/c1-2-9-23-13-7-8-14-17(11-13)25-19(20-14)21-18(22)16-10-12-5-3-4-6-15(12)24-16/h3-8,11-12,15-16H,2,9-10H2,1H3,(H,20,21,22)/t12-,15-,16-/m0/s1. The normalized spacial score (nSPS) is 24.4. The highest BCUT2D eigenvalue weighted by Crippen LogP contribution is 2.33. The second kappa shape index (κ2) is 6.98. The Morgan fingerprint density at radius 3 is 3.12 bits per heavy atom. The second-order valence-corrected chi connectivity index (χ2v) is 7.28. The molecule has 1 N–H and O–H groups in total. The number of amides is 1. The summed E-state index contributed by atoms with van der Waals surface area (Å²) in [7, 11) is 0. The molecule has 1 fully saturated rings. The van der Waals surface area contributed by atoms with Crippen LogP contribution in [0.2, 0.25) is 0 Å². The van der Waals surface area contributed by atoms with Gasteiger partial charge in [-0.05, 0) is 31.0 Å². The number of anilines is 1. The highest BCUT2D eigenvalue weighted by molar-refractivity contribution is 7.22. The lowest BCUT2D eigenvalue weighted by Crippen LogP contribution is -2.27. The zero-order chi connectivity index (χ0) is 17.2. The van der Waals surface area contributed by atoms with Crippen molar-refractivity contribution in [2.24, 2.45) is 5.92 Å². The summed E-state index contributed by atoms with van der Waals surface area (Å²) in [6, 6.07) is 5.80. The molecule has 1 aliphatic heterocycles. The summed E-state index contributed by atoms with van der Waals surface area (Å²) in [6.45, 7) is 2.77. The van der Waals surface area contributed by atoms with Crippen molar-refractivity contribution < 1.29 is 14.3 Å². The molecule has 2 aliphatic rings. The average molecular weight is 356 g/mol. The fraction of sp³-hybridized carbons (Fsp3) is 0.368. The van der Waals surface area contributed by atoms with E-state index in [9.17, 15) is 4.79 Å². The number of ether oxygens (including phenoxy) is 2. The van der Waals surface area contributed by atoms with Gasteiger partial charge in [-0.15, -0.1) is 0 Å². The fourth-order valence-electron chi connectivity index (χ4n) is 3.11. The molecule has 6 heteroatoms. The molecule has 1 aliphatic carbocycles. The van der Waals surface area contributed by atoms with E-state index in [0.717, 1.165) is 22.4 Å². The lowest BCUT2D eigenvalue weighted by atomic mass is 9.95. The quantitative estimate of drug-likeness (QED) is 0.882. The molecule has 25 heavy (non-hydrogen) atoms. The lowest BCUT2D eigenvalue weighted by Gasteiger charge is -2.13. The minimum atomic E-state index is -0.433. The summed E-state index contributed by atoms with van der Waals surface area (Å²) >= 11 is 1.45. The van der Waals surface area contributed by atoms with Crippen LogP contribution in [0.15, 0.2) is 42.5 Å². The van der Waals surface area contributed by atoms with Crippen molar-refractivity contribution in [2.75, 3.05) is 11.9 Å². The van der Waals surface area contributed by atoms with Crippen molar-refractivity contribution in [3.05, 3.63) is 42.5 Å². The van der Waals surface area contributed by atoms with E-state index in [-0.39, 0.29) is 17.9 Å². The van der Waals surface area contributed by atoms with Gasteiger partial charge >= 0.3 is 0 Å². The minimum absolute atomic E-state index is 0.00869. The first-order chi connectivity index (χ1) is 12.2. The molecule has 3 atom stereocenters. The number of carbonyl (C=O) groups excluding carboxylic acids is 1. The van der Waals surface area contributed by atoms with Crippen molar-refractivity contribution in [1.82, 2.24) is 4.98 Å². The predicted molar refractivity (Wildman–Crippen MR) is 99.1 cm³/mol. The monoisotopic (exact) mass is 356 g/mol. The molecule has 4 rings (SSSR count). The molecule has 0 unspecified atom stereocenters. The minimum Gasteiger partial charge on any atom is -0.494 e. The van der Waals surface area contributed by atoms with Gasteiger partial charge < -0.3 is 9.47 Å². The van der Waals surface area contributed by atoms with Crippen LogP contribution in [0.5, 0.6) is 5.75 Å². The van der Waals surface area contributed by atoms with Gasteiger partial charge in [0.1, 0.15) is 11.9 Å². The zero-order valence-electron chi connectivity index (χ0n) is 14.0. The van der Waals surface area contributed by atoms with Crippen molar-refractivity contribution in [2.45, 2.75) is 32.0 Å². The van der Waals surface area contributed by atoms with Gasteiger partial charge in [-0.25, -0.2) is 4.98 Å². The van der Waals surface area contributed by atoms with Gasteiger partial charge in [-0.1, -0.05) is 42.6 Å². The van der Waals surface area contributed by atoms with E-state index in [2.05, 4.69) is 23.3 Å². The number of thiazole rings is 1. The first kappa shape index (κ1) is 16.3. The van der Waals surface area contributed by atoms with E-state index in [4.69, 9.17) is 9.47 Å². The van der Waals surface area contributed by atoms with Gasteiger partial charge in [0.05, 0.1) is 22.9 Å². The Morgan fingerprint density at radius 2 is 2.28 bits per heavy atom. The largest absolute Gasteiger partial charge is 0.494 e. The average Bonchev–Trinajstić information content (AvgIpc) is 3.22. The van der Waals surface area contributed by atoms with E-state index in [0.29, 0.717) is 18.2 Å². The molecule has 0 spiro atoms. The molecular weight excluding hydrogens is 336 g/mol. The van der Waals surface area contributed by atoms with Crippen molar-refractivity contribution in [3.63, 3.8) is 0 Å². The molecule has 0 bridgehead atoms. The maximum Gasteiger partial charge on any atom is 0.255 e. The number of benzene rings is 1. The van der Waals surface area contributed by atoms with Gasteiger partial charge in [-0.2, -0.15) is 0 Å². The third-order valence-electron chi connectivity index (χ3n) is 4.36. The van der Waals surface area contributed by atoms with E-state index >= 15 is 0 Å². The Kier molecular flexibility index (Phi) is 4.55. The third kappa shape index (κ3) is 3.45. The molecule has 0 radical (unpaired) electrons. The van der Waals surface area contributed by atoms with Crippen molar-refractivity contribution in [3.8, 4) is 5.75 Å². The molecule has 1 aromatic heterocycles. The third-order valence-corrected chi connectivity index (χ3v) is 5.29. The lowest BCUT2D eigenvalue weighted by molar-refractivity contribution is -0.125. The van der Waals surface area contributed by atoms with Crippen molar-refractivity contribution >= 4 is 32.6 Å². The maximum absolute atomic E-state index is 12.5.